The zero-order valence-corrected chi connectivity index (χ0v) is 12.7. The fourth-order valence-corrected chi connectivity index (χ4v) is 1.97. The molecule has 0 saturated heterocycles. The number of rotatable bonds is 6. The minimum Gasteiger partial charge on any atom is -0.494 e. The number of hydrogen-bond donors (Lipinski definition) is 1. The number of hydrogen-bond acceptors (Lipinski definition) is 3. The zero-order chi connectivity index (χ0) is 15.3. The number of carbonyl (C=O) groups excluding carboxylic acids is 1. The highest BCUT2D eigenvalue weighted by atomic mass is 19.1. The lowest BCUT2D eigenvalue weighted by Crippen LogP contribution is -2.43. The van der Waals surface area contributed by atoms with Crippen molar-refractivity contribution >= 4 is 5.91 Å². The van der Waals surface area contributed by atoms with Crippen LogP contribution in [0.1, 0.15) is 32.4 Å². The Balaban J connectivity index is 2.76. The van der Waals surface area contributed by atoms with Crippen LogP contribution in [0.15, 0.2) is 18.2 Å². The molecule has 0 radical (unpaired) electrons. The van der Waals surface area contributed by atoms with Gasteiger partial charge in [-0.15, -0.1) is 0 Å². The molecule has 0 aromatic heterocycles. The van der Waals surface area contributed by atoms with Gasteiger partial charge < -0.3 is 9.64 Å². The van der Waals surface area contributed by atoms with Gasteiger partial charge in [0.1, 0.15) is 0 Å². The van der Waals surface area contributed by atoms with Crippen molar-refractivity contribution in [1.29, 1.82) is 0 Å². The number of nitrogens with one attached hydrogen (secondary N) is 1. The Hall–Kier alpha value is -1.62. The molecule has 0 bridgehead atoms. The lowest BCUT2D eigenvalue weighted by atomic mass is 10.1. The van der Waals surface area contributed by atoms with Gasteiger partial charge in [-0.25, -0.2) is 4.39 Å². The van der Waals surface area contributed by atoms with Gasteiger partial charge in [-0.05, 0) is 38.5 Å². The molecular weight excluding hydrogens is 259 g/mol. The van der Waals surface area contributed by atoms with E-state index in [1.54, 1.807) is 24.1 Å². The smallest absolute Gasteiger partial charge is 0.239 e. The largest absolute Gasteiger partial charge is 0.494 e. The highest BCUT2D eigenvalue weighted by Crippen LogP contribution is 2.22. The van der Waals surface area contributed by atoms with E-state index in [2.05, 4.69) is 5.32 Å². The first-order valence-corrected chi connectivity index (χ1v) is 6.75. The van der Waals surface area contributed by atoms with Crippen LogP contribution in [0.2, 0.25) is 0 Å². The van der Waals surface area contributed by atoms with Gasteiger partial charge in [-0.2, -0.15) is 0 Å². The van der Waals surface area contributed by atoms with E-state index in [9.17, 15) is 9.18 Å². The van der Waals surface area contributed by atoms with Crippen molar-refractivity contribution in [3.05, 3.63) is 29.6 Å². The van der Waals surface area contributed by atoms with Gasteiger partial charge >= 0.3 is 0 Å². The average Bonchev–Trinajstić information content (AvgIpc) is 2.45. The van der Waals surface area contributed by atoms with Crippen molar-refractivity contribution in [2.45, 2.75) is 32.9 Å². The summed E-state index contributed by atoms with van der Waals surface area (Å²) in [7, 11) is 3.20. The first-order valence-electron chi connectivity index (χ1n) is 6.75. The van der Waals surface area contributed by atoms with Crippen molar-refractivity contribution in [1.82, 2.24) is 10.2 Å². The van der Waals surface area contributed by atoms with Gasteiger partial charge in [0.05, 0.1) is 13.2 Å². The van der Waals surface area contributed by atoms with E-state index in [0.717, 1.165) is 5.56 Å². The molecule has 112 valence electrons. The van der Waals surface area contributed by atoms with Crippen LogP contribution in [0, 0.1) is 5.82 Å². The Labute approximate surface area is 119 Å². The third kappa shape index (κ3) is 3.93. The molecule has 0 fully saturated rings. The third-order valence-corrected chi connectivity index (χ3v) is 3.40. The van der Waals surface area contributed by atoms with Crippen LogP contribution in [-0.4, -0.2) is 37.6 Å². The second-order valence-electron chi connectivity index (χ2n) is 4.86. The number of methoxy groups -OCH3 is 1. The van der Waals surface area contributed by atoms with Gasteiger partial charge in [0, 0.05) is 19.6 Å². The van der Waals surface area contributed by atoms with Crippen molar-refractivity contribution in [2.24, 2.45) is 0 Å². The van der Waals surface area contributed by atoms with Crippen LogP contribution in [0.4, 0.5) is 4.39 Å². The van der Waals surface area contributed by atoms with E-state index in [1.165, 1.54) is 13.2 Å². The predicted molar refractivity (Wildman–Crippen MR) is 77.3 cm³/mol. The fraction of sp³-hybridized carbons (Fsp3) is 0.533. The summed E-state index contributed by atoms with van der Waals surface area (Å²) in [5, 5.41) is 3.21. The monoisotopic (exact) mass is 282 g/mol. The average molecular weight is 282 g/mol. The maximum absolute atomic E-state index is 13.4. The normalized spacial score (nSPS) is 13.7. The van der Waals surface area contributed by atoms with Crippen LogP contribution in [0.3, 0.4) is 0 Å². The van der Waals surface area contributed by atoms with E-state index < -0.39 is 5.82 Å². The van der Waals surface area contributed by atoms with Gasteiger partial charge in [0.25, 0.3) is 0 Å². The second kappa shape index (κ2) is 7.24. The topological polar surface area (TPSA) is 41.6 Å². The molecule has 0 aliphatic rings. The minimum atomic E-state index is -0.390. The highest BCUT2D eigenvalue weighted by molar-refractivity contribution is 5.81. The van der Waals surface area contributed by atoms with E-state index in [4.69, 9.17) is 4.74 Å². The predicted octanol–water partition coefficient (Wildman–Crippen LogP) is 2.35. The molecule has 2 atom stereocenters. The van der Waals surface area contributed by atoms with Crippen LogP contribution in [-0.2, 0) is 4.79 Å². The minimum absolute atomic E-state index is 0.0356. The summed E-state index contributed by atoms with van der Waals surface area (Å²) in [6, 6.07) is 4.33. The molecule has 2 unspecified atom stereocenters. The highest BCUT2D eigenvalue weighted by Gasteiger charge is 2.19. The molecular formula is C15H23FN2O2. The van der Waals surface area contributed by atoms with E-state index >= 15 is 0 Å². The van der Waals surface area contributed by atoms with Gasteiger partial charge in [0.2, 0.25) is 5.91 Å². The van der Waals surface area contributed by atoms with Gasteiger partial charge in [-0.3, -0.25) is 10.1 Å². The van der Waals surface area contributed by atoms with Gasteiger partial charge in [0.15, 0.2) is 11.6 Å². The van der Waals surface area contributed by atoms with Crippen molar-refractivity contribution in [2.75, 3.05) is 20.7 Å². The summed E-state index contributed by atoms with van der Waals surface area (Å²) in [6.45, 7) is 6.36. The first-order chi connectivity index (χ1) is 9.40. The third-order valence-electron chi connectivity index (χ3n) is 3.40. The lowest BCUT2D eigenvalue weighted by molar-refractivity contribution is -0.131. The molecule has 0 heterocycles. The van der Waals surface area contributed by atoms with Crippen molar-refractivity contribution < 1.29 is 13.9 Å². The number of amides is 1. The van der Waals surface area contributed by atoms with E-state index in [0.29, 0.717) is 6.54 Å². The number of halogens is 1. The maximum Gasteiger partial charge on any atom is 0.239 e. The van der Waals surface area contributed by atoms with Crippen LogP contribution >= 0.6 is 0 Å². The zero-order valence-electron chi connectivity index (χ0n) is 12.7. The van der Waals surface area contributed by atoms with Crippen molar-refractivity contribution in [3.63, 3.8) is 0 Å². The fourth-order valence-electron chi connectivity index (χ4n) is 1.97. The molecule has 1 aromatic rings. The van der Waals surface area contributed by atoms with Crippen molar-refractivity contribution in [3.8, 4) is 5.75 Å². The Morgan fingerprint density at radius 2 is 2.10 bits per heavy atom. The van der Waals surface area contributed by atoms with Crippen LogP contribution in [0.5, 0.6) is 5.75 Å². The first kappa shape index (κ1) is 16.4. The molecule has 4 nitrogen and oxygen atoms in total. The Morgan fingerprint density at radius 1 is 1.45 bits per heavy atom. The lowest BCUT2D eigenvalue weighted by Gasteiger charge is -2.24. The summed E-state index contributed by atoms with van der Waals surface area (Å²) in [5.74, 6) is -0.146. The Bertz CT molecular complexity index is 465. The van der Waals surface area contributed by atoms with Crippen LogP contribution in [0.25, 0.3) is 0 Å². The number of likely N-dealkylation sites (N-methyl/N-ethyl adjacent to an activating group) is 1. The summed E-state index contributed by atoms with van der Waals surface area (Å²) < 4.78 is 18.3. The molecule has 1 rings (SSSR count). The second-order valence-corrected chi connectivity index (χ2v) is 4.86. The molecule has 1 amide bonds. The van der Waals surface area contributed by atoms with E-state index in [1.807, 2.05) is 20.8 Å². The molecule has 1 N–H and O–H groups in total. The Morgan fingerprint density at radius 3 is 2.65 bits per heavy atom. The number of ether oxygens (including phenoxy) is 1. The molecule has 0 saturated carbocycles. The molecule has 5 heteroatoms. The number of benzene rings is 1. The van der Waals surface area contributed by atoms with Crippen LogP contribution < -0.4 is 10.1 Å². The summed E-state index contributed by atoms with van der Waals surface area (Å²) >= 11 is 0. The molecule has 20 heavy (non-hydrogen) atoms. The molecule has 0 aliphatic heterocycles. The molecule has 0 aliphatic carbocycles. The molecule has 0 spiro atoms. The molecule has 1 aromatic carbocycles. The SMILES string of the molecule is CCN(C)C(=O)C(C)NC(C)c1ccc(F)c(OC)c1. The summed E-state index contributed by atoms with van der Waals surface area (Å²) in [5.41, 5.74) is 0.877. The Kier molecular flexibility index (Phi) is 5.95. The van der Waals surface area contributed by atoms with Gasteiger partial charge in [-0.1, -0.05) is 6.07 Å². The number of nitrogens with zero attached hydrogens (tertiary/aromatic N) is 1. The quantitative estimate of drug-likeness (QED) is 0.871. The standard InChI is InChI=1S/C15H23FN2O2/c1-6-18(4)15(19)11(3)17-10(2)12-7-8-13(16)14(9-12)20-5/h7-11,17H,6H2,1-5H3. The summed E-state index contributed by atoms with van der Waals surface area (Å²) in [4.78, 5) is 13.7. The maximum atomic E-state index is 13.4. The number of carbonyl (C=O) groups is 1. The van der Waals surface area contributed by atoms with E-state index in [-0.39, 0.29) is 23.7 Å². The summed E-state index contributed by atoms with van der Waals surface area (Å²) in [6.07, 6.45) is 0.